The van der Waals surface area contributed by atoms with Gasteiger partial charge in [-0.15, -0.1) is 0 Å². The van der Waals surface area contributed by atoms with Crippen LogP contribution < -0.4 is 4.90 Å². The monoisotopic (exact) mass is 404 g/mol. The maximum Gasteiger partial charge on any atom is 0.174 e. The Morgan fingerprint density at radius 1 is 1.03 bits per heavy atom. The molecule has 4 rings (SSSR count). The maximum atomic E-state index is 13.6. The summed E-state index contributed by atoms with van der Waals surface area (Å²) in [5, 5.41) is 2.49. The van der Waals surface area contributed by atoms with Gasteiger partial charge in [-0.2, -0.15) is 0 Å². The Morgan fingerprint density at radius 3 is 2.50 bits per heavy atom. The molecule has 1 aliphatic heterocycles. The van der Waals surface area contributed by atoms with Gasteiger partial charge in [0.1, 0.15) is 0 Å². The smallest absolute Gasteiger partial charge is 0.174 e. The lowest BCUT2D eigenvalue weighted by atomic mass is 9.73. The van der Waals surface area contributed by atoms with Crippen LogP contribution in [0.3, 0.4) is 0 Å². The number of nitrogens with zero attached hydrogens (tertiary/aromatic N) is 2. The van der Waals surface area contributed by atoms with Gasteiger partial charge in [-0.1, -0.05) is 63.1 Å². The van der Waals surface area contributed by atoms with Gasteiger partial charge in [0.15, 0.2) is 5.78 Å². The molecule has 1 fully saturated rings. The van der Waals surface area contributed by atoms with Crippen LogP contribution in [0.4, 0.5) is 5.69 Å². The van der Waals surface area contributed by atoms with Crippen molar-refractivity contribution >= 4 is 22.2 Å². The van der Waals surface area contributed by atoms with Crippen molar-refractivity contribution in [1.82, 2.24) is 4.90 Å². The van der Waals surface area contributed by atoms with Crippen LogP contribution in [0, 0.1) is 0 Å². The summed E-state index contributed by atoms with van der Waals surface area (Å²) in [6, 6.07) is 11.0. The minimum Gasteiger partial charge on any atom is -0.370 e. The zero-order valence-electron chi connectivity index (χ0n) is 19.0. The number of ketones is 1. The molecular formula is C27H36N2O. The first-order chi connectivity index (χ1) is 14.5. The third-order valence-electron chi connectivity index (χ3n) is 6.99. The summed E-state index contributed by atoms with van der Waals surface area (Å²) in [7, 11) is 0. The molecule has 0 unspecified atom stereocenters. The van der Waals surface area contributed by atoms with Gasteiger partial charge in [0, 0.05) is 49.4 Å². The zero-order chi connectivity index (χ0) is 21.3. The van der Waals surface area contributed by atoms with Crippen molar-refractivity contribution in [3.05, 3.63) is 53.6 Å². The fraction of sp³-hybridized carbons (Fsp3) is 0.519. The van der Waals surface area contributed by atoms with E-state index in [0.29, 0.717) is 5.78 Å². The molecule has 3 nitrogen and oxygen atoms in total. The first-order valence-electron chi connectivity index (χ1n) is 11.7. The van der Waals surface area contributed by atoms with Crippen LogP contribution in [-0.2, 0) is 5.41 Å². The summed E-state index contributed by atoms with van der Waals surface area (Å²) in [5.41, 5.74) is 4.44. The average Bonchev–Trinajstić information content (AvgIpc) is 2.87. The maximum absolute atomic E-state index is 13.6. The first kappa shape index (κ1) is 21.1. The van der Waals surface area contributed by atoms with Gasteiger partial charge in [-0.3, -0.25) is 9.69 Å². The second-order valence-corrected chi connectivity index (χ2v) is 9.35. The van der Waals surface area contributed by atoms with Gasteiger partial charge >= 0.3 is 0 Å². The molecule has 3 heteroatoms. The Hall–Kier alpha value is -2.13. The summed E-state index contributed by atoms with van der Waals surface area (Å²) in [4.78, 5) is 18.7. The number of anilines is 1. The molecule has 0 atom stereocenters. The normalized spacial score (nSPS) is 18.8. The van der Waals surface area contributed by atoms with Crippen LogP contribution in [0.5, 0.6) is 0 Å². The molecular weight excluding hydrogens is 368 g/mol. The molecule has 2 aromatic rings. The molecule has 30 heavy (non-hydrogen) atoms. The van der Waals surface area contributed by atoms with E-state index in [0.717, 1.165) is 70.4 Å². The Kier molecular flexibility index (Phi) is 6.02. The summed E-state index contributed by atoms with van der Waals surface area (Å²) in [6.45, 7) is 15.9. The van der Waals surface area contributed by atoms with Crippen LogP contribution in [0.15, 0.2) is 42.5 Å². The number of carbonyl (C=O) groups is 1. The van der Waals surface area contributed by atoms with E-state index in [-0.39, 0.29) is 5.41 Å². The predicted octanol–water partition coefficient (Wildman–Crippen LogP) is 5.96. The number of hydrogen-bond acceptors (Lipinski definition) is 3. The van der Waals surface area contributed by atoms with Crippen LogP contribution in [0.25, 0.3) is 10.8 Å². The highest BCUT2D eigenvalue weighted by Gasteiger charge is 2.46. The summed E-state index contributed by atoms with van der Waals surface area (Å²) in [6.07, 6.45) is 5.12. The topological polar surface area (TPSA) is 23.6 Å². The van der Waals surface area contributed by atoms with E-state index in [1.807, 2.05) is 0 Å². The van der Waals surface area contributed by atoms with E-state index in [9.17, 15) is 4.79 Å². The minimum absolute atomic E-state index is 0.318. The fourth-order valence-electron chi connectivity index (χ4n) is 5.86. The molecule has 0 N–H and O–H groups in total. The predicted molar refractivity (Wildman–Crippen MR) is 128 cm³/mol. The van der Waals surface area contributed by atoms with Crippen molar-refractivity contribution in [3.8, 4) is 0 Å². The van der Waals surface area contributed by atoms with Gasteiger partial charge in [-0.05, 0) is 43.2 Å². The third-order valence-corrected chi connectivity index (χ3v) is 6.99. The van der Waals surface area contributed by atoms with Gasteiger partial charge < -0.3 is 4.90 Å². The van der Waals surface area contributed by atoms with Crippen LogP contribution in [0.2, 0.25) is 0 Å². The Balaban J connectivity index is 1.75. The molecule has 160 valence electrons. The summed E-state index contributed by atoms with van der Waals surface area (Å²) in [5.74, 6) is 0.354. The molecule has 2 aliphatic rings. The van der Waals surface area contributed by atoms with Crippen LogP contribution in [0.1, 0.15) is 68.8 Å². The highest BCUT2D eigenvalue weighted by molar-refractivity contribution is 6.22. The van der Waals surface area contributed by atoms with E-state index in [2.05, 4.69) is 67.5 Å². The molecule has 2 aromatic carbocycles. The van der Waals surface area contributed by atoms with Gasteiger partial charge in [0.2, 0.25) is 0 Å². The second-order valence-electron chi connectivity index (χ2n) is 9.35. The summed E-state index contributed by atoms with van der Waals surface area (Å²) >= 11 is 0. The second kappa shape index (κ2) is 8.55. The van der Waals surface area contributed by atoms with Crippen molar-refractivity contribution in [2.24, 2.45) is 0 Å². The molecule has 1 saturated heterocycles. The van der Waals surface area contributed by atoms with Gasteiger partial charge in [-0.25, -0.2) is 0 Å². The van der Waals surface area contributed by atoms with Crippen LogP contribution in [-0.4, -0.2) is 43.4 Å². The largest absolute Gasteiger partial charge is 0.370 e. The number of Topliss-reactive ketones (excluding diaryl/α,β-unsaturated/α-hetero) is 1. The van der Waals surface area contributed by atoms with E-state index >= 15 is 0 Å². The molecule has 0 radical (unpaired) electrons. The quantitative estimate of drug-likeness (QED) is 0.532. The van der Waals surface area contributed by atoms with Gasteiger partial charge in [0.05, 0.1) is 5.41 Å². The van der Waals surface area contributed by atoms with Crippen molar-refractivity contribution in [2.75, 3.05) is 37.6 Å². The van der Waals surface area contributed by atoms with Crippen LogP contribution >= 0.6 is 0 Å². The Labute approximate surface area is 181 Å². The van der Waals surface area contributed by atoms with E-state index in [1.165, 1.54) is 27.6 Å². The molecule has 0 amide bonds. The zero-order valence-corrected chi connectivity index (χ0v) is 19.0. The molecule has 1 aliphatic carbocycles. The van der Waals surface area contributed by atoms with E-state index in [1.54, 1.807) is 0 Å². The van der Waals surface area contributed by atoms with Crippen molar-refractivity contribution < 1.29 is 4.79 Å². The third kappa shape index (κ3) is 3.47. The average molecular weight is 405 g/mol. The minimum atomic E-state index is -0.318. The molecule has 0 aromatic heterocycles. The SMILES string of the molecule is C=C(C)CN1CCCN(c2ccc3c4c(cccc24)C(=O)C3(CCC)CCC)CC1. The lowest BCUT2D eigenvalue weighted by molar-refractivity contribution is 0.0874. The molecule has 0 bridgehead atoms. The number of carbonyl (C=O) groups excluding carboxylic acids is 1. The van der Waals surface area contributed by atoms with Crippen molar-refractivity contribution in [2.45, 2.75) is 58.3 Å². The number of hydrogen-bond donors (Lipinski definition) is 0. The molecule has 0 saturated carbocycles. The van der Waals surface area contributed by atoms with Crippen molar-refractivity contribution in [3.63, 3.8) is 0 Å². The molecule has 0 spiro atoms. The Bertz CT molecular complexity index is 955. The molecule has 1 heterocycles. The van der Waals surface area contributed by atoms with E-state index in [4.69, 9.17) is 0 Å². The lowest BCUT2D eigenvalue weighted by Gasteiger charge is -2.30. The van der Waals surface area contributed by atoms with E-state index < -0.39 is 0 Å². The van der Waals surface area contributed by atoms with Crippen molar-refractivity contribution in [1.29, 1.82) is 0 Å². The highest BCUT2D eigenvalue weighted by Crippen LogP contribution is 2.49. The Morgan fingerprint density at radius 2 is 1.80 bits per heavy atom. The fourth-order valence-corrected chi connectivity index (χ4v) is 5.86. The number of benzene rings is 2. The number of rotatable bonds is 7. The highest BCUT2D eigenvalue weighted by atomic mass is 16.1. The standard InChI is InChI=1S/C27H36N2O/c1-5-13-27(14-6-2)23-11-12-24(21-9-7-10-22(25(21)23)26(27)30)29-16-8-15-28(17-18-29)19-20(3)4/h7,9-12H,3,5-6,8,13-19H2,1-2,4H3. The summed E-state index contributed by atoms with van der Waals surface area (Å²) < 4.78 is 0. The first-order valence-corrected chi connectivity index (χ1v) is 11.7. The van der Waals surface area contributed by atoms with Gasteiger partial charge in [0.25, 0.3) is 0 Å². The lowest BCUT2D eigenvalue weighted by Crippen LogP contribution is -2.32.